The zero-order valence-electron chi connectivity index (χ0n) is 9.79. The van der Waals surface area contributed by atoms with E-state index in [2.05, 4.69) is 0 Å². The molecule has 0 saturated carbocycles. The number of carboxylic acids is 1. The highest BCUT2D eigenvalue weighted by atomic mass is 32.2. The molecule has 1 N–H and O–H groups in total. The Labute approximate surface area is 108 Å². The lowest BCUT2D eigenvalue weighted by atomic mass is 10.00. The van der Waals surface area contributed by atoms with Crippen LogP contribution in [0.3, 0.4) is 0 Å². The van der Waals surface area contributed by atoms with Gasteiger partial charge in [-0.15, -0.1) is 0 Å². The molecule has 0 aliphatic carbocycles. The van der Waals surface area contributed by atoms with Crippen LogP contribution in [0, 0.1) is 0 Å². The topological polar surface area (TPSA) is 60.4 Å². The highest BCUT2D eigenvalue weighted by molar-refractivity contribution is 7.90. The Kier molecular flexibility index (Phi) is 3.69. The molecule has 0 radical (unpaired) electrons. The third-order valence-corrected chi connectivity index (χ3v) is 3.56. The van der Waals surface area contributed by atoms with Gasteiger partial charge in [0, 0.05) is 6.07 Å². The fraction of sp³-hybridized carbons (Fsp3) is 0.0714. The zero-order valence-corrected chi connectivity index (χ0v) is 10.6. The van der Waals surface area contributed by atoms with Crippen LogP contribution in [0.1, 0.15) is 10.4 Å². The average Bonchev–Trinajstić information content (AvgIpc) is 2.39. The molecule has 2 aromatic carbocycles. The third kappa shape index (κ3) is 2.55. The van der Waals surface area contributed by atoms with E-state index in [-0.39, 0.29) is 5.56 Å². The SMILES string of the molecule is C[S+]([O-])c1ccc(-c2ccccc2)c(C(=O)O)c1. The van der Waals surface area contributed by atoms with E-state index in [4.69, 9.17) is 0 Å². The molecule has 0 heterocycles. The van der Waals surface area contributed by atoms with Crippen molar-refractivity contribution in [2.45, 2.75) is 4.90 Å². The maximum Gasteiger partial charge on any atom is 0.336 e. The van der Waals surface area contributed by atoms with Crippen LogP contribution in [-0.4, -0.2) is 21.9 Å². The van der Waals surface area contributed by atoms with Crippen LogP contribution < -0.4 is 0 Å². The van der Waals surface area contributed by atoms with E-state index in [9.17, 15) is 14.5 Å². The first-order chi connectivity index (χ1) is 8.59. The molecule has 0 spiro atoms. The largest absolute Gasteiger partial charge is 0.612 e. The van der Waals surface area contributed by atoms with Crippen molar-refractivity contribution < 1.29 is 14.5 Å². The predicted molar refractivity (Wildman–Crippen MR) is 71.2 cm³/mol. The van der Waals surface area contributed by atoms with E-state index >= 15 is 0 Å². The maximum absolute atomic E-state index is 11.4. The standard InChI is InChI=1S/C14H12O3S/c1-18(17)11-7-8-12(13(9-11)14(15)16)10-5-3-2-4-6-10/h2-9H,1H3,(H,15,16). The Balaban J connectivity index is 2.58. The summed E-state index contributed by atoms with van der Waals surface area (Å²) in [7, 11) is 0. The molecular formula is C14H12O3S. The molecule has 0 saturated heterocycles. The first-order valence-corrected chi connectivity index (χ1v) is 6.91. The fourth-order valence-electron chi connectivity index (χ4n) is 1.75. The molecule has 2 aromatic rings. The van der Waals surface area contributed by atoms with Gasteiger partial charge in [-0.05, 0) is 34.4 Å². The summed E-state index contributed by atoms with van der Waals surface area (Å²) in [6.45, 7) is 0. The minimum Gasteiger partial charge on any atom is -0.612 e. The minimum atomic E-state index is -1.18. The van der Waals surface area contributed by atoms with Crippen molar-refractivity contribution in [2.24, 2.45) is 0 Å². The summed E-state index contributed by atoms with van der Waals surface area (Å²) in [4.78, 5) is 11.8. The average molecular weight is 260 g/mol. The first-order valence-electron chi connectivity index (χ1n) is 5.36. The first kappa shape index (κ1) is 12.7. The molecule has 3 nitrogen and oxygen atoms in total. The van der Waals surface area contributed by atoms with Gasteiger partial charge in [0.05, 0.1) is 5.56 Å². The summed E-state index contributed by atoms with van der Waals surface area (Å²) < 4.78 is 11.4. The molecule has 0 bridgehead atoms. The van der Waals surface area contributed by atoms with E-state index in [1.807, 2.05) is 30.3 Å². The molecule has 92 valence electrons. The highest BCUT2D eigenvalue weighted by Gasteiger charge is 2.15. The lowest BCUT2D eigenvalue weighted by molar-refractivity contribution is 0.0697. The summed E-state index contributed by atoms with van der Waals surface area (Å²) in [6.07, 6.45) is 1.53. The second kappa shape index (κ2) is 5.25. The van der Waals surface area contributed by atoms with Gasteiger partial charge in [-0.25, -0.2) is 4.79 Å². The monoisotopic (exact) mass is 260 g/mol. The van der Waals surface area contributed by atoms with Crippen molar-refractivity contribution in [3.8, 4) is 11.1 Å². The molecule has 0 aliphatic heterocycles. The van der Waals surface area contributed by atoms with Crippen LogP contribution in [0.25, 0.3) is 11.1 Å². The predicted octanol–water partition coefficient (Wildman–Crippen LogP) is 2.79. The number of aromatic carboxylic acids is 1. The van der Waals surface area contributed by atoms with Crippen LogP contribution in [-0.2, 0) is 11.2 Å². The second-order valence-corrected chi connectivity index (χ2v) is 5.21. The van der Waals surface area contributed by atoms with E-state index in [0.717, 1.165) is 5.56 Å². The Morgan fingerprint density at radius 3 is 2.39 bits per heavy atom. The normalized spacial score (nSPS) is 12.1. The van der Waals surface area contributed by atoms with Crippen molar-refractivity contribution in [3.63, 3.8) is 0 Å². The van der Waals surface area contributed by atoms with Crippen molar-refractivity contribution in [1.29, 1.82) is 0 Å². The van der Waals surface area contributed by atoms with Crippen molar-refractivity contribution in [1.82, 2.24) is 0 Å². The molecule has 18 heavy (non-hydrogen) atoms. The van der Waals surface area contributed by atoms with Gasteiger partial charge in [-0.1, -0.05) is 30.3 Å². The minimum absolute atomic E-state index is 0.175. The fourth-order valence-corrected chi connectivity index (χ4v) is 2.29. The number of benzene rings is 2. The Hall–Kier alpha value is -1.78. The molecule has 0 fully saturated rings. The molecule has 2 rings (SSSR count). The molecular weight excluding hydrogens is 248 g/mol. The van der Waals surface area contributed by atoms with Crippen molar-refractivity contribution in [2.75, 3.05) is 6.26 Å². The van der Waals surface area contributed by atoms with E-state index in [1.54, 1.807) is 12.1 Å². The number of rotatable bonds is 3. The van der Waals surface area contributed by atoms with Crippen LogP contribution >= 0.6 is 0 Å². The molecule has 1 unspecified atom stereocenters. The van der Waals surface area contributed by atoms with Crippen LogP contribution in [0.15, 0.2) is 53.4 Å². The molecule has 4 heteroatoms. The Morgan fingerprint density at radius 2 is 1.83 bits per heavy atom. The quantitative estimate of drug-likeness (QED) is 0.863. The van der Waals surface area contributed by atoms with Gasteiger partial charge < -0.3 is 9.66 Å². The number of hydrogen-bond donors (Lipinski definition) is 1. The molecule has 1 atom stereocenters. The molecule has 0 amide bonds. The molecule has 0 aliphatic rings. The van der Waals surface area contributed by atoms with Crippen molar-refractivity contribution >= 4 is 17.1 Å². The second-order valence-electron chi connectivity index (χ2n) is 3.83. The summed E-state index contributed by atoms with van der Waals surface area (Å²) in [5.74, 6) is -1.01. The summed E-state index contributed by atoms with van der Waals surface area (Å²) in [6, 6.07) is 14.2. The van der Waals surface area contributed by atoms with E-state index in [1.165, 1.54) is 12.3 Å². The Morgan fingerprint density at radius 1 is 1.17 bits per heavy atom. The lowest BCUT2D eigenvalue weighted by Crippen LogP contribution is -2.04. The van der Waals surface area contributed by atoms with Gasteiger partial charge in [0.15, 0.2) is 4.90 Å². The van der Waals surface area contributed by atoms with Gasteiger partial charge >= 0.3 is 5.97 Å². The summed E-state index contributed by atoms with van der Waals surface area (Å²) in [5.41, 5.74) is 1.65. The van der Waals surface area contributed by atoms with Gasteiger partial charge in [-0.3, -0.25) is 0 Å². The number of carboxylic acid groups (broad SMARTS) is 1. The highest BCUT2D eigenvalue weighted by Crippen LogP contribution is 2.26. The van der Waals surface area contributed by atoms with Gasteiger partial charge in [-0.2, -0.15) is 0 Å². The van der Waals surface area contributed by atoms with Crippen molar-refractivity contribution in [3.05, 3.63) is 54.1 Å². The summed E-state index contributed by atoms with van der Waals surface area (Å²) >= 11 is -1.18. The van der Waals surface area contributed by atoms with E-state index < -0.39 is 17.1 Å². The lowest BCUT2D eigenvalue weighted by Gasteiger charge is -2.09. The van der Waals surface area contributed by atoms with Gasteiger partial charge in [0.2, 0.25) is 0 Å². The van der Waals surface area contributed by atoms with Gasteiger partial charge in [0.25, 0.3) is 0 Å². The van der Waals surface area contributed by atoms with Crippen LogP contribution in [0.4, 0.5) is 0 Å². The number of carbonyl (C=O) groups is 1. The maximum atomic E-state index is 11.4. The van der Waals surface area contributed by atoms with Gasteiger partial charge in [0.1, 0.15) is 6.26 Å². The zero-order chi connectivity index (χ0) is 13.1. The third-order valence-electron chi connectivity index (χ3n) is 2.64. The van der Waals surface area contributed by atoms with E-state index in [0.29, 0.717) is 10.5 Å². The number of hydrogen-bond acceptors (Lipinski definition) is 2. The Bertz CT molecular complexity index is 565. The van der Waals surface area contributed by atoms with Crippen LogP contribution in [0.2, 0.25) is 0 Å². The summed E-state index contributed by atoms with van der Waals surface area (Å²) in [5, 5.41) is 9.23. The smallest absolute Gasteiger partial charge is 0.336 e. The molecule has 0 aromatic heterocycles. The van der Waals surface area contributed by atoms with Crippen LogP contribution in [0.5, 0.6) is 0 Å².